The molecule has 1 atom stereocenters. The smallest absolute Gasteiger partial charge is 0.0593 e. The van der Waals surface area contributed by atoms with Crippen LogP contribution < -0.4 is 5.32 Å². The van der Waals surface area contributed by atoms with Crippen LogP contribution in [-0.2, 0) is 0 Å². The van der Waals surface area contributed by atoms with Gasteiger partial charge in [-0.05, 0) is 59.9 Å². The van der Waals surface area contributed by atoms with Crippen LogP contribution in [0, 0.1) is 5.92 Å². The summed E-state index contributed by atoms with van der Waals surface area (Å²) in [7, 11) is 0. The Balaban J connectivity index is 1.76. The highest BCUT2D eigenvalue weighted by Gasteiger charge is 2.34. The number of piperidine rings is 3. The molecule has 0 spiro atoms. The molecule has 0 aliphatic carbocycles. The van der Waals surface area contributed by atoms with E-state index in [9.17, 15) is 0 Å². The van der Waals surface area contributed by atoms with Gasteiger partial charge in [-0.25, -0.2) is 0 Å². The summed E-state index contributed by atoms with van der Waals surface area (Å²) in [6.07, 6.45) is 2.66. The summed E-state index contributed by atoms with van der Waals surface area (Å²) in [5, 5.41) is 4.42. The minimum Gasteiger partial charge on any atom is -0.380 e. The Hall–Kier alpha value is -0.250. The Morgan fingerprint density at radius 3 is 2.71 bits per heavy atom. The molecule has 3 saturated heterocycles. The van der Waals surface area contributed by atoms with Crippen molar-refractivity contribution < 1.29 is 0 Å². The number of fused-ring (bicyclic) bond motifs is 3. The number of benzene rings is 1. The quantitative estimate of drug-likeness (QED) is 0.897. The van der Waals surface area contributed by atoms with Crippen molar-refractivity contribution in [3.05, 3.63) is 27.7 Å². The molecule has 1 N–H and O–H groups in total. The number of hydrogen-bond donors (Lipinski definition) is 1. The summed E-state index contributed by atoms with van der Waals surface area (Å²) in [5.41, 5.74) is 1.12. The second-order valence-corrected chi connectivity index (χ2v) is 6.19. The maximum atomic E-state index is 6.11. The molecule has 92 valence electrons. The molecule has 0 radical (unpaired) electrons. The minimum atomic E-state index is 0.576. The van der Waals surface area contributed by atoms with E-state index in [1.165, 1.54) is 32.5 Å². The average Bonchev–Trinajstić information content (AvgIpc) is 2.36. The number of nitrogens with zero attached hydrogens (tertiary/aromatic N) is 1. The zero-order chi connectivity index (χ0) is 11.8. The van der Waals surface area contributed by atoms with Crippen LogP contribution in [-0.4, -0.2) is 30.6 Å². The van der Waals surface area contributed by atoms with Crippen molar-refractivity contribution in [2.75, 3.05) is 25.0 Å². The van der Waals surface area contributed by atoms with Gasteiger partial charge in [-0.2, -0.15) is 0 Å². The van der Waals surface area contributed by atoms with Gasteiger partial charge >= 0.3 is 0 Å². The van der Waals surface area contributed by atoms with E-state index in [4.69, 9.17) is 11.6 Å². The average molecular weight is 316 g/mol. The molecule has 0 saturated carbocycles. The molecule has 3 fully saturated rings. The Labute approximate surface area is 115 Å². The summed E-state index contributed by atoms with van der Waals surface area (Å²) >= 11 is 9.67. The van der Waals surface area contributed by atoms with E-state index in [2.05, 4.69) is 32.2 Å². The minimum absolute atomic E-state index is 0.576. The van der Waals surface area contributed by atoms with Crippen molar-refractivity contribution in [2.24, 2.45) is 5.92 Å². The highest BCUT2D eigenvalue weighted by Crippen LogP contribution is 2.34. The zero-order valence-corrected chi connectivity index (χ0v) is 12.0. The summed E-state index contributed by atoms with van der Waals surface area (Å²) in [6, 6.07) is 6.57. The number of anilines is 1. The predicted octanol–water partition coefficient (Wildman–Crippen LogP) is 3.61. The van der Waals surface area contributed by atoms with Gasteiger partial charge in [0.2, 0.25) is 0 Å². The molecule has 1 aromatic carbocycles. The third-order valence-corrected chi connectivity index (χ3v) is 5.35. The summed E-state index contributed by atoms with van der Waals surface area (Å²) < 4.78 is 0.984. The van der Waals surface area contributed by atoms with Gasteiger partial charge in [0.05, 0.1) is 15.2 Å². The van der Waals surface area contributed by atoms with E-state index in [1.807, 2.05) is 12.1 Å². The Morgan fingerprint density at radius 1 is 1.29 bits per heavy atom. The van der Waals surface area contributed by atoms with E-state index < -0.39 is 0 Å². The van der Waals surface area contributed by atoms with Crippen LogP contribution in [0.2, 0.25) is 5.02 Å². The molecule has 1 unspecified atom stereocenters. The van der Waals surface area contributed by atoms with Gasteiger partial charge in [0.25, 0.3) is 0 Å². The van der Waals surface area contributed by atoms with E-state index in [0.29, 0.717) is 6.04 Å². The first kappa shape index (κ1) is 11.8. The largest absolute Gasteiger partial charge is 0.380 e. The maximum absolute atomic E-state index is 6.11. The van der Waals surface area contributed by atoms with Gasteiger partial charge in [-0.3, -0.25) is 0 Å². The first-order chi connectivity index (χ1) is 8.24. The summed E-state index contributed by atoms with van der Waals surface area (Å²) in [4.78, 5) is 2.55. The van der Waals surface area contributed by atoms with Crippen molar-refractivity contribution in [3.8, 4) is 0 Å². The van der Waals surface area contributed by atoms with Gasteiger partial charge in [0.15, 0.2) is 0 Å². The second-order valence-electron chi connectivity index (χ2n) is 4.99. The van der Waals surface area contributed by atoms with Crippen molar-refractivity contribution >= 4 is 33.2 Å². The van der Waals surface area contributed by atoms with Crippen molar-refractivity contribution in [1.82, 2.24) is 4.90 Å². The second kappa shape index (κ2) is 4.79. The Morgan fingerprint density at radius 2 is 2.06 bits per heavy atom. The maximum Gasteiger partial charge on any atom is 0.0593 e. The first-order valence-corrected chi connectivity index (χ1v) is 7.34. The highest BCUT2D eigenvalue weighted by atomic mass is 79.9. The topological polar surface area (TPSA) is 15.3 Å². The number of hydrogen-bond acceptors (Lipinski definition) is 2. The van der Waals surface area contributed by atoms with Gasteiger partial charge in [0, 0.05) is 12.6 Å². The van der Waals surface area contributed by atoms with Gasteiger partial charge < -0.3 is 10.2 Å². The summed E-state index contributed by atoms with van der Waals surface area (Å²) in [5.74, 6) is 0.825. The molecule has 2 nitrogen and oxygen atoms in total. The van der Waals surface area contributed by atoms with E-state index in [1.54, 1.807) is 0 Å². The van der Waals surface area contributed by atoms with Gasteiger partial charge in [-0.15, -0.1) is 0 Å². The van der Waals surface area contributed by atoms with Crippen LogP contribution in [0.5, 0.6) is 0 Å². The lowest BCUT2D eigenvalue weighted by atomic mass is 9.84. The molecule has 4 rings (SSSR count). The molecule has 3 aliphatic heterocycles. The number of nitrogens with one attached hydrogen (secondary N) is 1. The lowest BCUT2D eigenvalue weighted by Crippen LogP contribution is -2.53. The molecule has 17 heavy (non-hydrogen) atoms. The Bertz CT molecular complexity index is 416. The molecule has 3 heterocycles. The van der Waals surface area contributed by atoms with Crippen molar-refractivity contribution in [1.29, 1.82) is 0 Å². The van der Waals surface area contributed by atoms with Crippen molar-refractivity contribution in [2.45, 2.75) is 18.9 Å². The lowest BCUT2D eigenvalue weighted by molar-refractivity contribution is 0.0975. The molecular formula is C13H16BrClN2. The molecule has 0 aromatic heterocycles. The molecule has 4 heteroatoms. The third-order valence-electron chi connectivity index (χ3n) is 3.95. The molecule has 0 amide bonds. The molecule has 2 bridgehead atoms. The SMILES string of the molecule is Clc1cccc(NC2CN3CCC2CC3)c1Br. The summed E-state index contributed by atoms with van der Waals surface area (Å²) in [6.45, 7) is 3.72. The van der Waals surface area contributed by atoms with Crippen molar-refractivity contribution in [3.63, 3.8) is 0 Å². The fraction of sp³-hybridized carbons (Fsp3) is 0.538. The normalized spacial score (nSPS) is 31.5. The van der Waals surface area contributed by atoms with Crippen LogP contribution in [0.1, 0.15) is 12.8 Å². The zero-order valence-electron chi connectivity index (χ0n) is 9.63. The monoisotopic (exact) mass is 314 g/mol. The Kier molecular flexibility index (Phi) is 3.33. The number of rotatable bonds is 2. The molecule has 1 aromatic rings. The highest BCUT2D eigenvalue weighted by molar-refractivity contribution is 9.10. The fourth-order valence-corrected chi connectivity index (χ4v) is 3.50. The predicted molar refractivity (Wildman–Crippen MR) is 75.7 cm³/mol. The van der Waals surface area contributed by atoms with Gasteiger partial charge in [-0.1, -0.05) is 17.7 Å². The van der Waals surface area contributed by atoms with Crippen LogP contribution in [0.4, 0.5) is 5.69 Å². The van der Waals surface area contributed by atoms with E-state index in [0.717, 1.165) is 21.1 Å². The fourth-order valence-electron chi connectivity index (χ4n) is 2.94. The van der Waals surface area contributed by atoms with Crippen LogP contribution in [0.15, 0.2) is 22.7 Å². The van der Waals surface area contributed by atoms with E-state index in [-0.39, 0.29) is 0 Å². The lowest BCUT2D eigenvalue weighted by Gasteiger charge is -2.45. The van der Waals surface area contributed by atoms with Crippen LogP contribution >= 0.6 is 27.5 Å². The van der Waals surface area contributed by atoms with Gasteiger partial charge in [0.1, 0.15) is 0 Å². The first-order valence-electron chi connectivity index (χ1n) is 6.17. The van der Waals surface area contributed by atoms with E-state index >= 15 is 0 Å². The molecular weight excluding hydrogens is 300 g/mol. The van der Waals surface area contributed by atoms with Crippen LogP contribution in [0.25, 0.3) is 0 Å². The standard InChI is InChI=1S/C13H16BrClN2/c14-13-10(15)2-1-3-11(13)16-12-8-17-6-4-9(12)5-7-17/h1-3,9,12,16H,4-8H2. The molecule has 3 aliphatic rings. The number of halogens is 2. The third kappa shape index (κ3) is 2.33. The van der Waals surface area contributed by atoms with Crippen LogP contribution in [0.3, 0.4) is 0 Å².